The van der Waals surface area contributed by atoms with Crippen LogP contribution in [-0.4, -0.2) is 4.57 Å². The molecule has 0 amide bonds. The first-order chi connectivity index (χ1) is 26.8. The van der Waals surface area contributed by atoms with Gasteiger partial charge in [0.25, 0.3) is 0 Å². The summed E-state index contributed by atoms with van der Waals surface area (Å²) in [5, 5.41) is 6.41. The first-order valence-corrected chi connectivity index (χ1v) is 18.5. The third-order valence-electron chi connectivity index (χ3n) is 10.6. The van der Waals surface area contributed by atoms with Crippen molar-refractivity contribution < 1.29 is 0 Å². The summed E-state index contributed by atoms with van der Waals surface area (Å²) in [7, 11) is 0. The van der Waals surface area contributed by atoms with E-state index in [-0.39, 0.29) is 0 Å². The maximum atomic E-state index is 2.33. The lowest BCUT2D eigenvalue weighted by Crippen LogP contribution is -2.09. The lowest BCUT2D eigenvalue weighted by Gasteiger charge is -2.26. The van der Waals surface area contributed by atoms with E-state index in [1.807, 2.05) is 0 Å². The molecule has 10 rings (SSSR count). The Labute approximate surface area is 315 Å². The summed E-state index contributed by atoms with van der Waals surface area (Å²) in [5.74, 6) is 0. The molecule has 0 saturated carbocycles. The Hall–Kier alpha value is -7.16. The van der Waals surface area contributed by atoms with Crippen LogP contribution in [0.3, 0.4) is 0 Å². The summed E-state index contributed by atoms with van der Waals surface area (Å²) in [5.41, 5.74) is 12.9. The molecule has 0 aliphatic carbocycles. The van der Waals surface area contributed by atoms with Crippen molar-refractivity contribution in [2.75, 3.05) is 4.90 Å². The predicted molar refractivity (Wildman–Crippen MR) is 229 cm³/mol. The number of aromatic nitrogens is 1. The Balaban J connectivity index is 0.989. The van der Waals surface area contributed by atoms with Crippen molar-refractivity contribution in [2.45, 2.75) is 0 Å². The second kappa shape index (κ2) is 13.4. The topological polar surface area (TPSA) is 8.17 Å². The van der Waals surface area contributed by atoms with Gasteiger partial charge in [0.05, 0.1) is 5.52 Å². The van der Waals surface area contributed by atoms with Crippen LogP contribution in [0.1, 0.15) is 0 Å². The molecule has 0 fully saturated rings. The SMILES string of the molecule is c1ccc(-c2ccc(N(c3ccc(-c4ccccc4)cc3)c3ccc(-c4ccc(-n5ccc6c7ccccc7c7ccccc7c65)cc4)cc3)cc2)cc1. The van der Waals surface area contributed by atoms with Crippen molar-refractivity contribution in [1.29, 1.82) is 0 Å². The number of nitrogens with zero attached hydrogens (tertiary/aromatic N) is 2. The zero-order valence-electron chi connectivity index (χ0n) is 29.7. The van der Waals surface area contributed by atoms with Crippen LogP contribution in [0.4, 0.5) is 17.1 Å². The highest BCUT2D eigenvalue weighted by molar-refractivity contribution is 6.24. The van der Waals surface area contributed by atoms with E-state index in [0.717, 1.165) is 22.7 Å². The molecule has 2 heteroatoms. The fourth-order valence-corrected chi connectivity index (χ4v) is 7.95. The van der Waals surface area contributed by atoms with Crippen molar-refractivity contribution in [3.63, 3.8) is 0 Å². The van der Waals surface area contributed by atoms with Gasteiger partial charge in [0.15, 0.2) is 0 Å². The summed E-state index contributed by atoms with van der Waals surface area (Å²) < 4.78 is 2.33. The van der Waals surface area contributed by atoms with E-state index in [1.165, 1.54) is 65.8 Å². The van der Waals surface area contributed by atoms with Crippen LogP contribution in [0.15, 0.2) is 219 Å². The highest BCUT2D eigenvalue weighted by Gasteiger charge is 2.15. The molecule has 0 spiro atoms. The second-order valence-corrected chi connectivity index (χ2v) is 13.8. The molecule has 54 heavy (non-hydrogen) atoms. The lowest BCUT2D eigenvalue weighted by molar-refractivity contribution is 1.13. The van der Waals surface area contributed by atoms with E-state index in [1.54, 1.807) is 0 Å². The van der Waals surface area contributed by atoms with Gasteiger partial charge in [-0.05, 0) is 104 Å². The van der Waals surface area contributed by atoms with E-state index in [9.17, 15) is 0 Å². The van der Waals surface area contributed by atoms with Crippen LogP contribution in [0, 0.1) is 0 Å². The monoisotopic (exact) mass is 688 g/mol. The van der Waals surface area contributed by atoms with Crippen molar-refractivity contribution in [3.05, 3.63) is 219 Å². The number of rotatable bonds is 7. The van der Waals surface area contributed by atoms with Gasteiger partial charge in [0.1, 0.15) is 0 Å². The zero-order valence-corrected chi connectivity index (χ0v) is 29.7. The molecular weight excluding hydrogens is 653 g/mol. The summed E-state index contributed by atoms with van der Waals surface area (Å²) >= 11 is 0. The van der Waals surface area contributed by atoms with E-state index in [0.29, 0.717) is 0 Å². The van der Waals surface area contributed by atoms with Gasteiger partial charge in [-0.1, -0.05) is 158 Å². The predicted octanol–water partition coefficient (Wildman–Crippen LogP) is 14.4. The average Bonchev–Trinajstić information content (AvgIpc) is 3.71. The van der Waals surface area contributed by atoms with E-state index in [4.69, 9.17) is 0 Å². The Bertz CT molecular complexity index is 2790. The molecule has 0 radical (unpaired) electrons. The molecular formula is C52H36N2. The van der Waals surface area contributed by atoms with Crippen molar-refractivity contribution in [2.24, 2.45) is 0 Å². The minimum Gasteiger partial charge on any atom is -0.316 e. The number of fused-ring (bicyclic) bond motifs is 6. The fourth-order valence-electron chi connectivity index (χ4n) is 7.95. The Morgan fingerprint density at radius 3 is 1.00 bits per heavy atom. The molecule has 0 N–H and O–H groups in total. The minimum absolute atomic E-state index is 1.10. The van der Waals surface area contributed by atoms with Gasteiger partial charge in [0, 0.05) is 39.7 Å². The third-order valence-corrected chi connectivity index (χ3v) is 10.6. The van der Waals surface area contributed by atoms with Crippen LogP contribution in [0.25, 0.3) is 71.5 Å². The molecule has 2 nitrogen and oxygen atoms in total. The van der Waals surface area contributed by atoms with Crippen molar-refractivity contribution in [3.8, 4) is 39.1 Å². The quantitative estimate of drug-likeness (QED) is 0.151. The Morgan fingerprint density at radius 2 is 0.574 bits per heavy atom. The number of hydrogen-bond donors (Lipinski definition) is 0. The minimum atomic E-state index is 1.10. The number of anilines is 3. The molecule has 0 aliphatic heterocycles. The van der Waals surface area contributed by atoms with E-state index >= 15 is 0 Å². The molecule has 0 bridgehead atoms. The molecule has 0 aliphatic rings. The molecule has 0 unspecified atom stereocenters. The highest BCUT2D eigenvalue weighted by atomic mass is 15.1. The largest absolute Gasteiger partial charge is 0.316 e. The summed E-state index contributed by atoms with van der Waals surface area (Å²) in [6.07, 6.45) is 2.21. The van der Waals surface area contributed by atoms with Crippen LogP contribution in [0.2, 0.25) is 0 Å². The smallest absolute Gasteiger partial charge is 0.0613 e. The standard InChI is InChI=1S/C52H36N2/c1-3-11-37(12-4-1)39-21-29-44(30-22-39)54(45-31-23-40(24-32-45)38-13-5-2-6-14-38)46-33-25-42(26-34-46)41-19-27-43(28-20-41)53-36-35-51-49-17-8-7-15-47(49)48-16-9-10-18-50(48)52(51)53/h1-36H. The van der Waals surface area contributed by atoms with Gasteiger partial charge in [-0.3, -0.25) is 0 Å². The first-order valence-electron chi connectivity index (χ1n) is 18.5. The Kier molecular flexibility index (Phi) is 7.85. The van der Waals surface area contributed by atoms with E-state index in [2.05, 4.69) is 228 Å². The maximum absolute atomic E-state index is 2.33. The maximum Gasteiger partial charge on any atom is 0.0613 e. The molecule has 10 aromatic rings. The summed E-state index contributed by atoms with van der Waals surface area (Å²) in [6.45, 7) is 0. The van der Waals surface area contributed by atoms with Gasteiger partial charge in [0.2, 0.25) is 0 Å². The van der Waals surface area contributed by atoms with Gasteiger partial charge < -0.3 is 9.47 Å². The van der Waals surface area contributed by atoms with Crippen LogP contribution < -0.4 is 4.90 Å². The van der Waals surface area contributed by atoms with Gasteiger partial charge >= 0.3 is 0 Å². The Morgan fingerprint density at radius 1 is 0.259 bits per heavy atom. The summed E-state index contributed by atoms with van der Waals surface area (Å²) in [4.78, 5) is 2.33. The molecule has 9 aromatic carbocycles. The fraction of sp³-hybridized carbons (Fsp3) is 0. The molecule has 1 heterocycles. The summed E-state index contributed by atoms with van der Waals surface area (Å²) in [6, 6.07) is 76.5. The van der Waals surface area contributed by atoms with Gasteiger partial charge in [-0.25, -0.2) is 0 Å². The van der Waals surface area contributed by atoms with Gasteiger partial charge in [-0.15, -0.1) is 0 Å². The van der Waals surface area contributed by atoms with Crippen LogP contribution in [0.5, 0.6) is 0 Å². The third kappa shape index (κ3) is 5.62. The van der Waals surface area contributed by atoms with E-state index < -0.39 is 0 Å². The average molecular weight is 689 g/mol. The van der Waals surface area contributed by atoms with Crippen molar-refractivity contribution >= 4 is 49.5 Å². The van der Waals surface area contributed by atoms with Crippen LogP contribution in [-0.2, 0) is 0 Å². The lowest BCUT2D eigenvalue weighted by atomic mass is 9.98. The zero-order chi connectivity index (χ0) is 35.8. The molecule has 0 saturated heterocycles. The van der Waals surface area contributed by atoms with Crippen LogP contribution >= 0.6 is 0 Å². The second-order valence-electron chi connectivity index (χ2n) is 13.8. The normalized spacial score (nSPS) is 11.3. The molecule has 1 aromatic heterocycles. The number of benzene rings is 9. The van der Waals surface area contributed by atoms with Gasteiger partial charge in [-0.2, -0.15) is 0 Å². The van der Waals surface area contributed by atoms with Crippen molar-refractivity contribution in [1.82, 2.24) is 4.57 Å². The molecule has 254 valence electrons. The molecule has 0 atom stereocenters. The first kappa shape index (κ1) is 31.6. The number of hydrogen-bond acceptors (Lipinski definition) is 1. The highest BCUT2D eigenvalue weighted by Crippen LogP contribution is 2.39.